The number of rotatable bonds is 5. The van der Waals surface area contributed by atoms with Crippen LogP contribution in [0, 0.1) is 5.92 Å². The molecule has 2 aromatic rings. The topological polar surface area (TPSA) is 72.3 Å². The Labute approximate surface area is 140 Å². The van der Waals surface area contributed by atoms with Crippen molar-refractivity contribution in [1.29, 1.82) is 0 Å². The van der Waals surface area contributed by atoms with Crippen molar-refractivity contribution in [3.8, 4) is 5.82 Å². The molecule has 2 fully saturated rings. The quantitative estimate of drug-likeness (QED) is 0.914. The van der Waals surface area contributed by atoms with Gasteiger partial charge in [-0.2, -0.15) is 5.10 Å². The number of carbonyl (C=O) groups is 1. The van der Waals surface area contributed by atoms with E-state index in [9.17, 15) is 4.79 Å². The number of ether oxygens (including phenoxy) is 1. The standard InChI is InChI=1S/C17H21N5O2/c23-17(21(15-3-4-15)11-13-6-9-24-12-13)20-14-2-5-16(18-10-14)22-8-1-7-19-22/h1-2,5,7-8,10,13,15H,3-4,6,9,11-12H2,(H,20,23)/t13-/m0/s1. The summed E-state index contributed by atoms with van der Waals surface area (Å²) in [6.45, 7) is 2.34. The van der Waals surface area contributed by atoms with Crippen LogP contribution in [0.25, 0.3) is 5.82 Å². The molecule has 1 saturated carbocycles. The summed E-state index contributed by atoms with van der Waals surface area (Å²) < 4.78 is 7.11. The van der Waals surface area contributed by atoms with E-state index < -0.39 is 0 Å². The summed E-state index contributed by atoms with van der Waals surface area (Å²) in [5, 5.41) is 7.10. The van der Waals surface area contributed by atoms with Gasteiger partial charge in [-0.05, 0) is 37.5 Å². The number of nitrogens with zero attached hydrogens (tertiary/aromatic N) is 4. The van der Waals surface area contributed by atoms with Gasteiger partial charge in [-0.3, -0.25) is 0 Å². The number of anilines is 1. The average Bonchev–Trinajstić information content (AvgIpc) is 3.08. The number of aromatic nitrogens is 3. The Hall–Kier alpha value is -2.41. The molecule has 3 heterocycles. The molecule has 126 valence electrons. The highest BCUT2D eigenvalue weighted by Gasteiger charge is 2.34. The highest BCUT2D eigenvalue weighted by molar-refractivity contribution is 5.89. The Morgan fingerprint density at radius 2 is 2.29 bits per heavy atom. The molecule has 2 aromatic heterocycles. The molecule has 1 atom stereocenters. The minimum Gasteiger partial charge on any atom is -0.381 e. The van der Waals surface area contributed by atoms with Crippen molar-refractivity contribution in [2.24, 2.45) is 5.92 Å². The van der Waals surface area contributed by atoms with E-state index in [2.05, 4.69) is 15.4 Å². The fraction of sp³-hybridized carbons (Fsp3) is 0.471. The summed E-state index contributed by atoms with van der Waals surface area (Å²) in [4.78, 5) is 18.9. The lowest BCUT2D eigenvalue weighted by Crippen LogP contribution is -2.40. The van der Waals surface area contributed by atoms with Crippen LogP contribution in [0.4, 0.5) is 10.5 Å². The maximum absolute atomic E-state index is 12.6. The first-order valence-corrected chi connectivity index (χ1v) is 8.41. The van der Waals surface area contributed by atoms with Gasteiger partial charge in [0.1, 0.15) is 0 Å². The maximum Gasteiger partial charge on any atom is 0.322 e. The van der Waals surface area contributed by atoms with E-state index in [1.165, 1.54) is 0 Å². The molecular weight excluding hydrogens is 306 g/mol. The summed E-state index contributed by atoms with van der Waals surface area (Å²) in [5.41, 5.74) is 0.698. The van der Waals surface area contributed by atoms with Gasteiger partial charge in [0, 0.05) is 37.5 Å². The molecule has 0 bridgehead atoms. The fourth-order valence-corrected chi connectivity index (χ4v) is 2.98. The molecule has 7 nitrogen and oxygen atoms in total. The normalized spacial score (nSPS) is 20.1. The average molecular weight is 327 g/mol. The van der Waals surface area contributed by atoms with E-state index in [4.69, 9.17) is 4.74 Å². The zero-order chi connectivity index (χ0) is 16.4. The number of urea groups is 1. The number of amides is 2. The zero-order valence-electron chi connectivity index (χ0n) is 13.5. The highest BCUT2D eigenvalue weighted by Crippen LogP contribution is 2.29. The van der Waals surface area contributed by atoms with Gasteiger partial charge < -0.3 is 15.0 Å². The monoisotopic (exact) mass is 327 g/mol. The largest absolute Gasteiger partial charge is 0.381 e. The van der Waals surface area contributed by atoms with Gasteiger partial charge in [0.2, 0.25) is 0 Å². The molecule has 24 heavy (non-hydrogen) atoms. The first-order chi connectivity index (χ1) is 11.8. The first kappa shape index (κ1) is 15.1. The molecule has 1 aliphatic carbocycles. The fourth-order valence-electron chi connectivity index (χ4n) is 2.98. The van der Waals surface area contributed by atoms with Crippen LogP contribution in [0.1, 0.15) is 19.3 Å². The predicted molar refractivity (Wildman–Crippen MR) is 89.0 cm³/mol. The van der Waals surface area contributed by atoms with Gasteiger partial charge in [0.15, 0.2) is 5.82 Å². The number of hydrogen-bond acceptors (Lipinski definition) is 4. The van der Waals surface area contributed by atoms with Crippen molar-refractivity contribution in [2.75, 3.05) is 25.1 Å². The molecule has 1 saturated heterocycles. The smallest absolute Gasteiger partial charge is 0.322 e. The second-order valence-electron chi connectivity index (χ2n) is 6.40. The van der Waals surface area contributed by atoms with Gasteiger partial charge >= 0.3 is 6.03 Å². The van der Waals surface area contributed by atoms with Crippen LogP contribution in [0.3, 0.4) is 0 Å². The lowest BCUT2D eigenvalue weighted by molar-refractivity contribution is 0.167. The maximum atomic E-state index is 12.6. The lowest BCUT2D eigenvalue weighted by atomic mass is 10.1. The number of hydrogen-bond donors (Lipinski definition) is 1. The third kappa shape index (κ3) is 3.41. The van der Waals surface area contributed by atoms with E-state index in [1.807, 2.05) is 29.3 Å². The third-order valence-electron chi connectivity index (χ3n) is 4.47. The molecule has 4 rings (SSSR count). The second kappa shape index (κ2) is 6.60. The first-order valence-electron chi connectivity index (χ1n) is 8.41. The highest BCUT2D eigenvalue weighted by atomic mass is 16.5. The molecule has 2 amide bonds. The number of nitrogens with one attached hydrogen (secondary N) is 1. The molecule has 0 spiro atoms. The van der Waals surface area contributed by atoms with Crippen molar-refractivity contribution in [1.82, 2.24) is 19.7 Å². The molecular formula is C17H21N5O2. The Morgan fingerprint density at radius 3 is 2.92 bits per heavy atom. The van der Waals surface area contributed by atoms with Crippen LogP contribution in [-0.2, 0) is 4.74 Å². The summed E-state index contributed by atoms with van der Waals surface area (Å²) >= 11 is 0. The number of pyridine rings is 1. The Bertz CT molecular complexity index is 676. The molecule has 2 aliphatic rings. The summed E-state index contributed by atoms with van der Waals surface area (Å²) in [6, 6.07) is 5.87. The van der Waals surface area contributed by atoms with Crippen molar-refractivity contribution in [2.45, 2.75) is 25.3 Å². The Kier molecular flexibility index (Phi) is 4.17. The van der Waals surface area contributed by atoms with Gasteiger partial charge in [-0.25, -0.2) is 14.5 Å². The van der Waals surface area contributed by atoms with Crippen molar-refractivity contribution in [3.63, 3.8) is 0 Å². The van der Waals surface area contributed by atoms with Crippen LogP contribution in [-0.4, -0.2) is 51.5 Å². The molecule has 0 radical (unpaired) electrons. The van der Waals surface area contributed by atoms with Crippen LogP contribution < -0.4 is 5.32 Å². The summed E-state index contributed by atoms with van der Waals surface area (Å²) in [7, 11) is 0. The van der Waals surface area contributed by atoms with Crippen LogP contribution >= 0.6 is 0 Å². The van der Waals surface area contributed by atoms with E-state index in [-0.39, 0.29) is 6.03 Å². The predicted octanol–water partition coefficient (Wildman–Crippen LogP) is 2.30. The molecule has 0 aromatic carbocycles. The SMILES string of the molecule is O=C(Nc1ccc(-n2cccn2)nc1)N(C[C@@H]1CCOC1)C1CC1. The van der Waals surface area contributed by atoms with E-state index in [1.54, 1.807) is 17.1 Å². The molecule has 7 heteroatoms. The molecule has 1 N–H and O–H groups in total. The molecule has 0 unspecified atom stereocenters. The van der Waals surface area contributed by atoms with E-state index in [0.29, 0.717) is 17.6 Å². The van der Waals surface area contributed by atoms with Crippen LogP contribution in [0.5, 0.6) is 0 Å². The van der Waals surface area contributed by atoms with Crippen molar-refractivity contribution >= 4 is 11.7 Å². The third-order valence-corrected chi connectivity index (χ3v) is 4.47. The minimum absolute atomic E-state index is 0.0435. The van der Waals surface area contributed by atoms with Gasteiger partial charge in [0.05, 0.1) is 18.5 Å². The Balaban J connectivity index is 1.40. The van der Waals surface area contributed by atoms with E-state index in [0.717, 1.165) is 44.8 Å². The molecule has 1 aliphatic heterocycles. The van der Waals surface area contributed by atoms with Crippen LogP contribution in [0.15, 0.2) is 36.8 Å². The van der Waals surface area contributed by atoms with Crippen LogP contribution in [0.2, 0.25) is 0 Å². The van der Waals surface area contributed by atoms with Gasteiger partial charge in [-0.1, -0.05) is 0 Å². The lowest BCUT2D eigenvalue weighted by Gasteiger charge is -2.25. The van der Waals surface area contributed by atoms with Crippen molar-refractivity contribution in [3.05, 3.63) is 36.8 Å². The summed E-state index contributed by atoms with van der Waals surface area (Å²) in [5.74, 6) is 1.18. The Morgan fingerprint density at radius 1 is 1.38 bits per heavy atom. The second-order valence-corrected chi connectivity index (χ2v) is 6.40. The summed E-state index contributed by atoms with van der Waals surface area (Å²) in [6.07, 6.45) is 8.43. The van der Waals surface area contributed by atoms with Gasteiger partial charge in [0.25, 0.3) is 0 Å². The van der Waals surface area contributed by atoms with E-state index >= 15 is 0 Å². The van der Waals surface area contributed by atoms with Gasteiger partial charge in [-0.15, -0.1) is 0 Å². The number of carbonyl (C=O) groups excluding carboxylic acids is 1. The zero-order valence-corrected chi connectivity index (χ0v) is 13.5. The minimum atomic E-state index is -0.0435. The van der Waals surface area contributed by atoms with Crippen molar-refractivity contribution < 1.29 is 9.53 Å².